The highest BCUT2D eigenvalue weighted by Crippen LogP contribution is 2.27. The van der Waals surface area contributed by atoms with Gasteiger partial charge in [0.2, 0.25) is 5.91 Å². The average Bonchev–Trinajstić information content (AvgIpc) is 3.48. The van der Waals surface area contributed by atoms with Crippen LogP contribution in [0.5, 0.6) is 0 Å². The zero-order valence-electron chi connectivity index (χ0n) is 22.4. The molecule has 5 N–H and O–H groups in total. The van der Waals surface area contributed by atoms with Crippen LogP contribution in [0.15, 0.2) is 18.3 Å². The van der Waals surface area contributed by atoms with E-state index < -0.39 is 0 Å². The highest BCUT2D eigenvalue weighted by molar-refractivity contribution is 7.99. The lowest BCUT2D eigenvalue weighted by Crippen LogP contribution is -2.35. The number of nitrogens with two attached hydrogens (primary N) is 1. The lowest BCUT2D eigenvalue weighted by molar-refractivity contribution is -0.121. The Balaban J connectivity index is 0.000000644. The summed E-state index contributed by atoms with van der Waals surface area (Å²) in [7, 11) is 0. The first-order valence-corrected chi connectivity index (χ1v) is 14.0. The van der Waals surface area contributed by atoms with Crippen molar-refractivity contribution in [2.24, 2.45) is 5.73 Å². The fraction of sp³-hybridized carbons (Fsp3) is 0.680. The summed E-state index contributed by atoms with van der Waals surface area (Å²) >= 11 is 1.93. The Bertz CT molecular complexity index is 732. The molecule has 1 aromatic heterocycles. The summed E-state index contributed by atoms with van der Waals surface area (Å²) in [5, 5.41) is 8.46. The quantitative estimate of drug-likeness (QED) is 0.298. The Labute approximate surface area is 215 Å². The second-order valence-electron chi connectivity index (χ2n) is 7.40. The molecule has 0 radical (unpaired) electrons. The van der Waals surface area contributed by atoms with Gasteiger partial charge in [-0.1, -0.05) is 41.0 Å². The first-order valence-electron chi connectivity index (χ1n) is 12.8. The summed E-state index contributed by atoms with van der Waals surface area (Å²) in [4.78, 5) is 40.3. The molecule has 0 aliphatic carbocycles. The van der Waals surface area contributed by atoms with Crippen LogP contribution in [0.2, 0.25) is 0 Å². The second kappa shape index (κ2) is 19.9. The van der Waals surface area contributed by atoms with Crippen molar-refractivity contribution in [3.05, 3.63) is 29.6 Å². The molecule has 2 unspecified atom stereocenters. The number of nitrogens with one attached hydrogen (secondary N) is 3. The minimum absolute atomic E-state index is 0.0232. The van der Waals surface area contributed by atoms with Gasteiger partial charge in [-0.3, -0.25) is 14.6 Å². The molecule has 3 heterocycles. The van der Waals surface area contributed by atoms with Crippen molar-refractivity contribution in [3.8, 4) is 0 Å². The van der Waals surface area contributed by atoms with Gasteiger partial charge >= 0.3 is 6.03 Å². The van der Waals surface area contributed by atoms with E-state index in [2.05, 4.69) is 20.9 Å². The van der Waals surface area contributed by atoms with Gasteiger partial charge in [0.15, 0.2) is 0 Å². The zero-order chi connectivity index (χ0) is 26.6. The predicted octanol–water partition coefficient (Wildman–Crippen LogP) is 3.14. The van der Waals surface area contributed by atoms with Gasteiger partial charge in [0.25, 0.3) is 5.91 Å². The number of hydrogen-bond acceptors (Lipinski definition) is 6. The number of carbonyl (C=O) groups is 3. The molecule has 0 saturated carbocycles. The Morgan fingerprint density at radius 3 is 2.40 bits per heavy atom. The third-order valence-electron chi connectivity index (χ3n) is 5.15. The van der Waals surface area contributed by atoms with E-state index in [0.717, 1.165) is 36.6 Å². The Morgan fingerprint density at radius 1 is 1.14 bits per heavy atom. The van der Waals surface area contributed by atoms with E-state index in [0.29, 0.717) is 43.7 Å². The highest BCUT2D eigenvalue weighted by Gasteiger charge is 2.41. The number of urea groups is 1. The molecule has 2 aliphatic heterocycles. The van der Waals surface area contributed by atoms with Crippen molar-refractivity contribution in [2.45, 2.75) is 79.4 Å². The second-order valence-corrected chi connectivity index (χ2v) is 8.47. The van der Waals surface area contributed by atoms with E-state index in [4.69, 9.17) is 5.73 Å². The van der Waals surface area contributed by atoms with Crippen LogP contribution in [0.25, 0.3) is 0 Å². The molecule has 0 spiro atoms. The first-order chi connectivity index (χ1) is 17.0. The maximum atomic E-state index is 11.8. The summed E-state index contributed by atoms with van der Waals surface area (Å²) in [6.07, 6.45) is 3.92. The zero-order valence-corrected chi connectivity index (χ0v) is 23.2. The molecule has 200 valence electrons. The SMILES string of the molecule is CC.CC.CCCCC(=O)NCCNC(=O)c1ccc(CN)nc1.CCN1C(=O)NC2CSCC21. The van der Waals surface area contributed by atoms with E-state index in [1.54, 1.807) is 12.1 Å². The summed E-state index contributed by atoms with van der Waals surface area (Å²) in [6.45, 7) is 14.1. The van der Waals surface area contributed by atoms with Gasteiger partial charge in [0.05, 0.1) is 23.3 Å². The normalized spacial score (nSPS) is 17.3. The van der Waals surface area contributed by atoms with Crippen LogP contribution >= 0.6 is 11.8 Å². The summed E-state index contributed by atoms with van der Waals surface area (Å²) in [5.41, 5.74) is 6.66. The van der Waals surface area contributed by atoms with Gasteiger partial charge in [-0.05, 0) is 25.5 Å². The molecule has 2 aliphatic rings. The lowest BCUT2D eigenvalue weighted by Gasteiger charge is -2.18. The van der Waals surface area contributed by atoms with Gasteiger partial charge in [-0.2, -0.15) is 11.8 Å². The number of nitrogens with zero attached hydrogens (tertiary/aromatic N) is 2. The molecule has 0 bridgehead atoms. The molecule has 0 aromatic carbocycles. The van der Waals surface area contributed by atoms with Crippen molar-refractivity contribution >= 4 is 29.6 Å². The fourth-order valence-corrected chi connectivity index (χ4v) is 4.69. The summed E-state index contributed by atoms with van der Waals surface area (Å²) < 4.78 is 0. The van der Waals surface area contributed by atoms with E-state index in [9.17, 15) is 14.4 Å². The summed E-state index contributed by atoms with van der Waals surface area (Å²) in [5.74, 6) is 2.02. The van der Waals surface area contributed by atoms with Gasteiger partial charge < -0.3 is 26.6 Å². The number of rotatable bonds is 9. The Kier molecular flexibility index (Phi) is 18.6. The van der Waals surface area contributed by atoms with Gasteiger partial charge in [0.1, 0.15) is 0 Å². The maximum absolute atomic E-state index is 11.8. The number of hydrogen-bond donors (Lipinski definition) is 4. The number of aromatic nitrogens is 1. The van der Waals surface area contributed by atoms with E-state index >= 15 is 0 Å². The predicted molar refractivity (Wildman–Crippen MR) is 146 cm³/mol. The number of carbonyl (C=O) groups excluding carboxylic acids is 3. The van der Waals surface area contributed by atoms with E-state index in [1.807, 2.05) is 58.2 Å². The standard InChI is InChI=1S/C14H22N4O2.C7H12N2OS.2C2H6/c1-2-3-4-13(19)16-7-8-17-14(20)11-5-6-12(9-15)18-10-11;1-2-9-6-4-11-3-5(6)8-7(9)10;2*1-2/h5-6,10H,2-4,7-9,15H2,1H3,(H,16,19)(H,17,20);5-6H,2-4H2,1H3,(H,8,10);2*1-2H3. The summed E-state index contributed by atoms with van der Waals surface area (Å²) in [6, 6.07) is 4.43. The minimum Gasteiger partial charge on any atom is -0.354 e. The van der Waals surface area contributed by atoms with Crippen LogP contribution in [0.3, 0.4) is 0 Å². The number of thioether (sulfide) groups is 1. The number of amides is 4. The molecule has 3 rings (SSSR count). The molecule has 4 amide bonds. The van der Waals surface area contributed by atoms with Gasteiger partial charge in [0, 0.05) is 50.3 Å². The van der Waals surface area contributed by atoms with Crippen molar-refractivity contribution in [1.29, 1.82) is 0 Å². The monoisotopic (exact) mass is 510 g/mol. The van der Waals surface area contributed by atoms with Crippen molar-refractivity contribution in [2.75, 3.05) is 31.1 Å². The van der Waals surface area contributed by atoms with Crippen LogP contribution in [0.1, 0.15) is 76.9 Å². The van der Waals surface area contributed by atoms with Gasteiger partial charge in [-0.15, -0.1) is 0 Å². The molecule has 1 aromatic rings. The van der Waals surface area contributed by atoms with Crippen LogP contribution in [-0.2, 0) is 11.3 Å². The highest BCUT2D eigenvalue weighted by atomic mass is 32.2. The number of unbranched alkanes of at least 4 members (excludes halogenated alkanes) is 1. The average molecular weight is 511 g/mol. The number of pyridine rings is 1. The fourth-order valence-electron chi connectivity index (χ4n) is 3.34. The topological polar surface area (TPSA) is 129 Å². The molecule has 9 nitrogen and oxygen atoms in total. The van der Waals surface area contributed by atoms with Crippen molar-refractivity contribution < 1.29 is 14.4 Å². The van der Waals surface area contributed by atoms with E-state index in [-0.39, 0.29) is 17.8 Å². The maximum Gasteiger partial charge on any atom is 0.318 e. The molecular weight excluding hydrogens is 464 g/mol. The van der Waals surface area contributed by atoms with Crippen LogP contribution in [-0.4, -0.2) is 71.0 Å². The number of likely N-dealkylation sites (N-methyl/N-ethyl adjacent to an activating group) is 1. The van der Waals surface area contributed by atoms with Crippen LogP contribution in [0, 0.1) is 0 Å². The largest absolute Gasteiger partial charge is 0.354 e. The Hall–Kier alpha value is -2.33. The smallest absolute Gasteiger partial charge is 0.318 e. The van der Waals surface area contributed by atoms with Crippen molar-refractivity contribution in [1.82, 2.24) is 25.8 Å². The Morgan fingerprint density at radius 2 is 1.83 bits per heavy atom. The van der Waals surface area contributed by atoms with E-state index in [1.165, 1.54) is 6.20 Å². The molecule has 35 heavy (non-hydrogen) atoms. The van der Waals surface area contributed by atoms with Gasteiger partial charge in [-0.25, -0.2) is 4.79 Å². The first kappa shape index (κ1) is 32.7. The molecule has 2 saturated heterocycles. The minimum atomic E-state index is -0.205. The van der Waals surface area contributed by atoms with Crippen LogP contribution in [0.4, 0.5) is 4.79 Å². The van der Waals surface area contributed by atoms with Crippen LogP contribution < -0.4 is 21.7 Å². The lowest BCUT2D eigenvalue weighted by atomic mass is 10.2. The molecule has 2 fully saturated rings. The number of fused-ring (bicyclic) bond motifs is 1. The third kappa shape index (κ3) is 11.8. The molecule has 2 atom stereocenters. The molecule has 10 heteroatoms. The molecular formula is C25H46N6O3S. The third-order valence-corrected chi connectivity index (χ3v) is 6.32. The van der Waals surface area contributed by atoms with Crippen molar-refractivity contribution in [3.63, 3.8) is 0 Å².